The highest BCUT2D eigenvalue weighted by atomic mass is 19.1. The first-order valence-electron chi connectivity index (χ1n) is 7.47. The Hall–Kier alpha value is -1.62. The smallest absolute Gasteiger partial charge is 0.260 e. The minimum atomic E-state index is -0.751. The van der Waals surface area contributed by atoms with Gasteiger partial charge in [0.05, 0.1) is 0 Å². The Balaban J connectivity index is 2.78. The van der Waals surface area contributed by atoms with Crippen LogP contribution in [0.15, 0.2) is 18.2 Å². The molecule has 0 spiro atoms. The highest BCUT2D eigenvalue weighted by molar-refractivity contribution is 5.81. The maximum absolute atomic E-state index is 13.9. The van der Waals surface area contributed by atoms with Crippen molar-refractivity contribution in [3.63, 3.8) is 0 Å². The molecule has 0 aliphatic carbocycles. The van der Waals surface area contributed by atoms with Gasteiger partial charge in [-0.3, -0.25) is 4.79 Å². The van der Waals surface area contributed by atoms with Crippen molar-refractivity contribution in [2.24, 2.45) is 5.73 Å². The molecule has 0 saturated heterocycles. The van der Waals surface area contributed by atoms with Gasteiger partial charge in [0.1, 0.15) is 0 Å². The Bertz CT molecular complexity index is 462. The van der Waals surface area contributed by atoms with Gasteiger partial charge in [-0.15, -0.1) is 0 Å². The number of para-hydroxylation sites is 1. The molecule has 0 radical (unpaired) electrons. The van der Waals surface area contributed by atoms with Gasteiger partial charge < -0.3 is 15.8 Å². The molecule has 3 N–H and O–H groups in total. The second-order valence-electron chi connectivity index (χ2n) is 5.05. The number of carbonyl (C=O) groups is 1. The number of rotatable bonds is 8. The third-order valence-electron chi connectivity index (χ3n) is 3.46. The Kier molecular flexibility index (Phi) is 7.15. The van der Waals surface area contributed by atoms with E-state index in [0.29, 0.717) is 18.5 Å². The third kappa shape index (κ3) is 5.01. The Morgan fingerprint density at radius 3 is 2.62 bits per heavy atom. The van der Waals surface area contributed by atoms with E-state index in [1.54, 1.807) is 19.1 Å². The lowest BCUT2D eigenvalue weighted by Crippen LogP contribution is -2.42. The number of halogens is 1. The number of nitrogens with two attached hydrogens (primary N) is 1. The van der Waals surface area contributed by atoms with E-state index in [-0.39, 0.29) is 17.7 Å². The topological polar surface area (TPSA) is 64.3 Å². The van der Waals surface area contributed by atoms with Crippen molar-refractivity contribution in [3.8, 4) is 5.75 Å². The molecule has 1 aromatic carbocycles. The summed E-state index contributed by atoms with van der Waals surface area (Å²) >= 11 is 0. The van der Waals surface area contributed by atoms with Gasteiger partial charge in [0, 0.05) is 6.04 Å². The molecule has 0 aliphatic heterocycles. The number of benzene rings is 1. The van der Waals surface area contributed by atoms with Gasteiger partial charge in [0.15, 0.2) is 17.7 Å². The van der Waals surface area contributed by atoms with Crippen LogP contribution in [-0.4, -0.2) is 24.6 Å². The van der Waals surface area contributed by atoms with Crippen LogP contribution in [0.25, 0.3) is 0 Å². The van der Waals surface area contributed by atoms with Crippen LogP contribution in [0.5, 0.6) is 5.75 Å². The van der Waals surface area contributed by atoms with Gasteiger partial charge in [0.25, 0.3) is 5.91 Å². The molecular weight excluding hydrogens is 271 g/mol. The van der Waals surface area contributed by atoms with E-state index in [1.165, 1.54) is 6.07 Å². The summed E-state index contributed by atoms with van der Waals surface area (Å²) in [5, 5.41) is 2.90. The molecule has 21 heavy (non-hydrogen) atoms. The molecule has 0 aliphatic rings. The summed E-state index contributed by atoms with van der Waals surface area (Å²) in [6.45, 7) is 6.04. The predicted octanol–water partition coefficient (Wildman–Crippen LogP) is 2.40. The van der Waals surface area contributed by atoms with Crippen molar-refractivity contribution in [1.29, 1.82) is 0 Å². The van der Waals surface area contributed by atoms with Crippen molar-refractivity contribution < 1.29 is 13.9 Å². The summed E-state index contributed by atoms with van der Waals surface area (Å²) in [6, 6.07) is 4.81. The van der Waals surface area contributed by atoms with Crippen LogP contribution < -0.4 is 15.8 Å². The van der Waals surface area contributed by atoms with Gasteiger partial charge >= 0.3 is 0 Å². The van der Waals surface area contributed by atoms with Crippen LogP contribution in [0.1, 0.15) is 39.2 Å². The van der Waals surface area contributed by atoms with Crippen LogP contribution >= 0.6 is 0 Å². The number of hydrogen-bond acceptors (Lipinski definition) is 3. The second-order valence-corrected chi connectivity index (χ2v) is 5.05. The molecule has 0 saturated carbocycles. The molecule has 1 unspecified atom stereocenters. The first-order chi connectivity index (χ1) is 10.0. The molecule has 1 amide bonds. The van der Waals surface area contributed by atoms with Crippen molar-refractivity contribution in [2.75, 3.05) is 6.54 Å². The zero-order chi connectivity index (χ0) is 15.8. The Morgan fingerprint density at radius 2 is 2.05 bits per heavy atom. The maximum atomic E-state index is 13.9. The van der Waals surface area contributed by atoms with E-state index in [4.69, 9.17) is 10.5 Å². The van der Waals surface area contributed by atoms with Gasteiger partial charge in [-0.1, -0.05) is 26.0 Å². The average molecular weight is 296 g/mol. The first-order valence-corrected chi connectivity index (χ1v) is 7.47. The molecule has 118 valence electrons. The van der Waals surface area contributed by atoms with Crippen LogP contribution in [0.2, 0.25) is 0 Å². The molecule has 0 heterocycles. The van der Waals surface area contributed by atoms with Crippen LogP contribution in [0, 0.1) is 5.82 Å². The highest BCUT2D eigenvalue weighted by Gasteiger charge is 2.20. The predicted molar refractivity (Wildman–Crippen MR) is 81.8 cm³/mol. The monoisotopic (exact) mass is 296 g/mol. The third-order valence-corrected chi connectivity index (χ3v) is 3.46. The van der Waals surface area contributed by atoms with E-state index >= 15 is 0 Å². The number of ether oxygens (including phenoxy) is 1. The lowest BCUT2D eigenvalue weighted by Gasteiger charge is -2.21. The number of carbonyl (C=O) groups excluding carboxylic acids is 1. The zero-order valence-corrected chi connectivity index (χ0v) is 13.0. The first kappa shape index (κ1) is 17.4. The molecule has 1 aromatic rings. The fraction of sp³-hybridized carbons (Fsp3) is 0.562. The largest absolute Gasteiger partial charge is 0.478 e. The lowest BCUT2D eigenvalue weighted by atomic mass is 10.1. The van der Waals surface area contributed by atoms with Crippen molar-refractivity contribution in [1.82, 2.24) is 5.32 Å². The Labute approximate surface area is 125 Å². The quantitative estimate of drug-likeness (QED) is 0.774. The van der Waals surface area contributed by atoms with E-state index in [2.05, 4.69) is 5.32 Å². The number of hydrogen-bond donors (Lipinski definition) is 2. The van der Waals surface area contributed by atoms with E-state index in [9.17, 15) is 9.18 Å². The summed E-state index contributed by atoms with van der Waals surface area (Å²) in [7, 11) is 0. The normalized spacial score (nSPS) is 12.3. The summed E-state index contributed by atoms with van der Waals surface area (Å²) in [4.78, 5) is 12.1. The van der Waals surface area contributed by atoms with Crippen LogP contribution in [0.3, 0.4) is 0 Å². The highest BCUT2D eigenvalue weighted by Crippen LogP contribution is 2.24. The lowest BCUT2D eigenvalue weighted by molar-refractivity contribution is -0.128. The minimum absolute atomic E-state index is 0.118. The molecule has 0 aromatic heterocycles. The van der Waals surface area contributed by atoms with Crippen LogP contribution in [0.4, 0.5) is 4.39 Å². The maximum Gasteiger partial charge on any atom is 0.260 e. The van der Waals surface area contributed by atoms with Crippen LogP contribution in [-0.2, 0) is 11.2 Å². The fourth-order valence-electron chi connectivity index (χ4n) is 2.08. The second kappa shape index (κ2) is 8.62. The van der Waals surface area contributed by atoms with E-state index in [0.717, 1.165) is 12.8 Å². The number of amides is 1. The van der Waals surface area contributed by atoms with Gasteiger partial charge in [-0.25, -0.2) is 4.39 Å². The minimum Gasteiger partial charge on any atom is -0.478 e. The SMILES string of the molecule is CCC(CC)NC(=O)C(C)Oc1c(F)cccc1CCN. The molecule has 1 atom stereocenters. The van der Waals surface area contributed by atoms with Gasteiger partial charge in [-0.05, 0) is 44.4 Å². The van der Waals surface area contributed by atoms with Gasteiger partial charge in [-0.2, -0.15) is 0 Å². The zero-order valence-electron chi connectivity index (χ0n) is 13.0. The summed E-state index contributed by atoms with van der Waals surface area (Å²) < 4.78 is 19.4. The number of nitrogens with one attached hydrogen (secondary N) is 1. The van der Waals surface area contributed by atoms with E-state index < -0.39 is 11.9 Å². The average Bonchev–Trinajstić information content (AvgIpc) is 2.48. The van der Waals surface area contributed by atoms with Crippen molar-refractivity contribution >= 4 is 5.91 Å². The molecule has 0 fully saturated rings. The van der Waals surface area contributed by atoms with Crippen molar-refractivity contribution in [3.05, 3.63) is 29.6 Å². The molecule has 5 heteroatoms. The molecule has 1 rings (SSSR count). The standard InChI is InChI=1S/C16H25FN2O2/c1-4-13(5-2)19-16(20)11(3)21-15-12(9-10-18)7-6-8-14(15)17/h6-8,11,13H,4-5,9-10,18H2,1-3H3,(H,19,20). The molecule has 0 bridgehead atoms. The summed E-state index contributed by atoms with van der Waals surface area (Å²) in [5.74, 6) is -0.580. The van der Waals surface area contributed by atoms with Gasteiger partial charge in [0.2, 0.25) is 0 Å². The summed E-state index contributed by atoms with van der Waals surface area (Å²) in [6.07, 6.45) is 1.47. The summed E-state index contributed by atoms with van der Waals surface area (Å²) in [5.41, 5.74) is 6.20. The molecular formula is C16H25FN2O2. The molecule has 4 nitrogen and oxygen atoms in total. The van der Waals surface area contributed by atoms with Crippen molar-refractivity contribution in [2.45, 2.75) is 52.2 Å². The van der Waals surface area contributed by atoms with E-state index in [1.807, 2.05) is 13.8 Å². The Morgan fingerprint density at radius 1 is 1.38 bits per heavy atom. The fourth-order valence-corrected chi connectivity index (χ4v) is 2.08.